The molecule has 0 unspecified atom stereocenters. The zero-order valence-electron chi connectivity index (χ0n) is 19.9. The van der Waals surface area contributed by atoms with Crippen LogP contribution in [-0.4, -0.2) is 68.9 Å². The molecule has 2 rings (SSSR count). The minimum absolute atomic E-state index is 0.0220. The molecule has 2 N–H and O–H groups in total. The van der Waals surface area contributed by atoms with Crippen LogP contribution in [0.25, 0.3) is 0 Å². The third-order valence-electron chi connectivity index (χ3n) is 7.08. The van der Waals surface area contributed by atoms with Crippen molar-refractivity contribution in [3.63, 3.8) is 0 Å². The summed E-state index contributed by atoms with van der Waals surface area (Å²) < 4.78 is 10.4. The number of hydrogen-bond donors (Lipinski definition) is 2. The molecule has 0 aromatic rings. The second-order valence-corrected chi connectivity index (χ2v) is 10.4. The standard InChI is InChI=1S/C23H43N3O4/c1-22(2,3)19(16-29-5)25-21(28)24-18(23(4)12-8-7-9-13-23)15-26-14-10-11-17(26)20(27)30-6/h17-19H,7-16H2,1-6H3,(H2,24,25,28)/t17-,18+,19+/m0/s1. The van der Waals surface area contributed by atoms with Gasteiger partial charge in [-0.05, 0) is 43.1 Å². The normalized spacial score (nSPS) is 24.1. The van der Waals surface area contributed by atoms with Crippen molar-refractivity contribution in [2.75, 3.05) is 33.9 Å². The van der Waals surface area contributed by atoms with Gasteiger partial charge in [0.15, 0.2) is 0 Å². The predicted octanol–water partition coefficient (Wildman–Crippen LogP) is 3.32. The minimum Gasteiger partial charge on any atom is -0.468 e. The van der Waals surface area contributed by atoms with E-state index in [9.17, 15) is 9.59 Å². The summed E-state index contributed by atoms with van der Waals surface area (Å²) in [6.45, 7) is 10.6. The molecule has 1 saturated carbocycles. The highest BCUT2D eigenvalue weighted by molar-refractivity contribution is 5.76. The Labute approximate surface area is 182 Å². The van der Waals surface area contributed by atoms with E-state index in [1.54, 1.807) is 7.11 Å². The quantitative estimate of drug-likeness (QED) is 0.583. The number of hydrogen-bond acceptors (Lipinski definition) is 5. The second kappa shape index (κ2) is 10.8. The van der Waals surface area contributed by atoms with Crippen molar-refractivity contribution in [2.45, 2.75) is 90.8 Å². The van der Waals surface area contributed by atoms with Crippen molar-refractivity contribution in [1.82, 2.24) is 15.5 Å². The largest absolute Gasteiger partial charge is 0.468 e. The Morgan fingerprint density at radius 3 is 2.33 bits per heavy atom. The third-order valence-corrected chi connectivity index (χ3v) is 7.08. The van der Waals surface area contributed by atoms with Gasteiger partial charge in [0.05, 0.1) is 19.8 Å². The van der Waals surface area contributed by atoms with E-state index < -0.39 is 0 Å². The van der Waals surface area contributed by atoms with Crippen molar-refractivity contribution in [2.24, 2.45) is 10.8 Å². The Hall–Kier alpha value is -1.34. The fourth-order valence-electron chi connectivity index (χ4n) is 4.86. The van der Waals surface area contributed by atoms with Gasteiger partial charge < -0.3 is 20.1 Å². The highest BCUT2D eigenvalue weighted by Gasteiger charge is 2.41. The van der Waals surface area contributed by atoms with Crippen LogP contribution in [0.1, 0.15) is 72.6 Å². The van der Waals surface area contributed by atoms with Crippen LogP contribution in [0.2, 0.25) is 0 Å². The first-order valence-corrected chi connectivity index (χ1v) is 11.5. The van der Waals surface area contributed by atoms with Gasteiger partial charge in [0.1, 0.15) is 6.04 Å². The average Bonchev–Trinajstić information content (AvgIpc) is 3.14. The van der Waals surface area contributed by atoms with Gasteiger partial charge >= 0.3 is 12.0 Å². The highest BCUT2D eigenvalue weighted by Crippen LogP contribution is 2.39. The minimum atomic E-state index is -0.203. The molecule has 2 fully saturated rings. The zero-order chi connectivity index (χ0) is 22.4. The first-order valence-electron chi connectivity index (χ1n) is 11.5. The fraction of sp³-hybridized carbons (Fsp3) is 0.913. The van der Waals surface area contributed by atoms with Crippen molar-refractivity contribution in [3.8, 4) is 0 Å². The maximum absolute atomic E-state index is 13.0. The van der Waals surface area contributed by atoms with E-state index in [-0.39, 0.29) is 41.0 Å². The molecule has 1 saturated heterocycles. The molecular weight excluding hydrogens is 382 g/mol. The summed E-state index contributed by atoms with van der Waals surface area (Å²) in [4.78, 5) is 27.5. The summed E-state index contributed by atoms with van der Waals surface area (Å²) in [5, 5.41) is 6.42. The molecule has 2 amide bonds. The van der Waals surface area contributed by atoms with Gasteiger partial charge in [0, 0.05) is 19.7 Å². The van der Waals surface area contributed by atoms with Gasteiger partial charge in [-0.25, -0.2) is 4.79 Å². The lowest BCUT2D eigenvalue weighted by atomic mass is 9.70. The number of carbonyl (C=O) groups excluding carboxylic acids is 2. The van der Waals surface area contributed by atoms with Gasteiger partial charge in [-0.15, -0.1) is 0 Å². The van der Waals surface area contributed by atoms with E-state index in [0.29, 0.717) is 13.2 Å². The Bertz CT molecular complexity index is 569. The van der Waals surface area contributed by atoms with Crippen LogP contribution in [0.5, 0.6) is 0 Å². The molecule has 0 aromatic carbocycles. The molecule has 0 radical (unpaired) electrons. The van der Waals surface area contributed by atoms with Gasteiger partial charge in [-0.1, -0.05) is 47.0 Å². The second-order valence-electron chi connectivity index (χ2n) is 10.4. The van der Waals surface area contributed by atoms with E-state index in [0.717, 1.165) is 32.2 Å². The van der Waals surface area contributed by atoms with Crippen LogP contribution < -0.4 is 10.6 Å². The monoisotopic (exact) mass is 425 g/mol. The Kier molecular flexibility index (Phi) is 8.98. The maximum atomic E-state index is 13.0. The number of nitrogens with one attached hydrogen (secondary N) is 2. The fourth-order valence-corrected chi connectivity index (χ4v) is 4.86. The number of nitrogens with zero attached hydrogens (tertiary/aromatic N) is 1. The van der Waals surface area contributed by atoms with Gasteiger partial charge in [-0.2, -0.15) is 0 Å². The Morgan fingerprint density at radius 1 is 1.10 bits per heavy atom. The van der Waals surface area contributed by atoms with Crippen molar-refractivity contribution in [1.29, 1.82) is 0 Å². The van der Waals surface area contributed by atoms with Crippen LogP contribution in [-0.2, 0) is 14.3 Å². The van der Waals surface area contributed by atoms with Crippen molar-refractivity contribution in [3.05, 3.63) is 0 Å². The SMILES string of the molecule is COC[C@@H](NC(=O)N[C@H](CN1CCC[C@H]1C(=O)OC)C1(C)CCCCC1)C(C)(C)C. The van der Waals surface area contributed by atoms with Crippen molar-refractivity contribution < 1.29 is 19.1 Å². The van der Waals surface area contributed by atoms with E-state index in [1.807, 2.05) is 0 Å². The lowest BCUT2D eigenvalue weighted by Gasteiger charge is -2.43. The van der Waals surface area contributed by atoms with Crippen LogP contribution in [0.3, 0.4) is 0 Å². The number of esters is 1. The number of urea groups is 1. The summed E-state index contributed by atoms with van der Waals surface area (Å²) in [6, 6.07) is -0.467. The molecule has 7 nitrogen and oxygen atoms in total. The Morgan fingerprint density at radius 2 is 1.77 bits per heavy atom. The number of carbonyl (C=O) groups is 2. The van der Waals surface area contributed by atoms with Crippen LogP contribution in [0.15, 0.2) is 0 Å². The summed E-state index contributed by atoms with van der Waals surface area (Å²) in [5.74, 6) is -0.169. The maximum Gasteiger partial charge on any atom is 0.323 e. The molecule has 7 heteroatoms. The van der Waals surface area contributed by atoms with Gasteiger partial charge in [0.25, 0.3) is 0 Å². The van der Waals surface area contributed by atoms with Gasteiger partial charge in [-0.3, -0.25) is 9.69 Å². The average molecular weight is 426 g/mol. The number of methoxy groups -OCH3 is 2. The van der Waals surface area contributed by atoms with Crippen LogP contribution >= 0.6 is 0 Å². The topological polar surface area (TPSA) is 79.9 Å². The van der Waals surface area contributed by atoms with E-state index >= 15 is 0 Å². The number of rotatable bonds is 8. The van der Waals surface area contributed by atoms with E-state index in [2.05, 4.69) is 43.2 Å². The summed E-state index contributed by atoms with van der Waals surface area (Å²) in [6.07, 6.45) is 7.61. The molecule has 3 atom stereocenters. The molecule has 0 spiro atoms. The predicted molar refractivity (Wildman–Crippen MR) is 118 cm³/mol. The van der Waals surface area contributed by atoms with E-state index in [4.69, 9.17) is 9.47 Å². The molecule has 0 bridgehead atoms. The summed E-state index contributed by atoms with van der Waals surface area (Å²) in [7, 11) is 3.11. The smallest absolute Gasteiger partial charge is 0.323 e. The number of ether oxygens (including phenoxy) is 2. The van der Waals surface area contributed by atoms with Crippen LogP contribution in [0, 0.1) is 10.8 Å². The molecule has 1 aliphatic heterocycles. The molecule has 1 heterocycles. The summed E-state index contributed by atoms with van der Waals surface area (Å²) >= 11 is 0. The molecule has 174 valence electrons. The number of likely N-dealkylation sites (tertiary alicyclic amines) is 1. The zero-order valence-corrected chi connectivity index (χ0v) is 19.9. The Balaban J connectivity index is 2.13. The summed E-state index contributed by atoms with van der Waals surface area (Å²) in [5.41, 5.74) is -0.0835. The lowest BCUT2D eigenvalue weighted by Crippen LogP contribution is -2.59. The lowest BCUT2D eigenvalue weighted by molar-refractivity contribution is -0.146. The molecular formula is C23H43N3O4. The van der Waals surface area contributed by atoms with E-state index in [1.165, 1.54) is 26.4 Å². The van der Waals surface area contributed by atoms with Gasteiger partial charge in [0.2, 0.25) is 0 Å². The molecule has 30 heavy (non-hydrogen) atoms. The first kappa shape index (κ1) is 24.9. The molecule has 0 aromatic heterocycles. The van der Waals surface area contributed by atoms with Crippen LogP contribution in [0.4, 0.5) is 4.79 Å². The first-order chi connectivity index (χ1) is 14.1. The third kappa shape index (κ3) is 6.58. The number of amides is 2. The molecule has 2 aliphatic rings. The highest BCUT2D eigenvalue weighted by atomic mass is 16.5. The van der Waals surface area contributed by atoms with Crippen molar-refractivity contribution >= 4 is 12.0 Å². The molecule has 1 aliphatic carbocycles.